The zero-order valence-corrected chi connectivity index (χ0v) is 32.7. The highest BCUT2D eigenvalue weighted by Crippen LogP contribution is 2.51. The van der Waals surface area contributed by atoms with Crippen LogP contribution >= 0.6 is 0 Å². The van der Waals surface area contributed by atoms with E-state index < -0.39 is 0 Å². The number of para-hydroxylation sites is 2. The number of unbranched alkanes of at least 4 members (excludes halogenated alkanes) is 1. The highest BCUT2D eigenvalue weighted by atomic mass is 15.2. The number of nitrogens with one attached hydrogen (secondary N) is 1. The van der Waals surface area contributed by atoms with Gasteiger partial charge in [0.25, 0.3) is 0 Å². The van der Waals surface area contributed by atoms with Gasteiger partial charge in [-0.3, -0.25) is 0 Å². The van der Waals surface area contributed by atoms with Crippen LogP contribution in [0.4, 0.5) is 28.4 Å². The fraction of sp³-hybridized carbons (Fsp3) is 0.170. The van der Waals surface area contributed by atoms with Gasteiger partial charge in [0, 0.05) is 51.9 Å². The molecule has 56 heavy (non-hydrogen) atoms. The van der Waals surface area contributed by atoms with E-state index in [2.05, 4.69) is 183 Å². The first-order chi connectivity index (χ1) is 27.6. The molecule has 0 spiro atoms. The van der Waals surface area contributed by atoms with Crippen molar-refractivity contribution in [3.05, 3.63) is 185 Å². The Morgan fingerprint density at radius 2 is 1.50 bits per heavy atom. The van der Waals surface area contributed by atoms with Crippen molar-refractivity contribution in [1.82, 2.24) is 0 Å². The second kappa shape index (κ2) is 14.2. The molecule has 1 N–H and O–H groups in total. The van der Waals surface area contributed by atoms with Crippen LogP contribution < -0.4 is 21.1 Å². The molecule has 2 nitrogen and oxygen atoms in total. The molecular formula is C53H47BN2. The fourth-order valence-electron chi connectivity index (χ4n) is 9.66. The number of aryl methyl sites for hydroxylation is 1. The number of nitrogens with zero attached hydrogens (tertiary/aromatic N) is 1. The Morgan fingerprint density at radius 1 is 0.714 bits per heavy atom. The van der Waals surface area contributed by atoms with Crippen molar-refractivity contribution in [3.8, 4) is 22.3 Å². The quantitative estimate of drug-likeness (QED) is 0.124. The van der Waals surface area contributed by atoms with E-state index in [4.69, 9.17) is 0 Å². The lowest BCUT2D eigenvalue weighted by atomic mass is 9.57. The van der Waals surface area contributed by atoms with Gasteiger partial charge in [-0.1, -0.05) is 159 Å². The summed E-state index contributed by atoms with van der Waals surface area (Å²) < 4.78 is 0. The Balaban J connectivity index is 1.27. The molecule has 0 aromatic heterocycles. The van der Waals surface area contributed by atoms with Gasteiger partial charge >= 0.3 is 0 Å². The lowest BCUT2D eigenvalue weighted by Crippen LogP contribution is -2.42. The number of allylic oxidation sites excluding steroid dienone is 4. The lowest BCUT2D eigenvalue weighted by molar-refractivity contribution is 0.792. The minimum atomic E-state index is 0.214. The van der Waals surface area contributed by atoms with Crippen molar-refractivity contribution < 1.29 is 0 Å². The molecule has 7 aromatic carbocycles. The third-order valence-corrected chi connectivity index (χ3v) is 12.4. The topological polar surface area (TPSA) is 15.3 Å². The standard InChI is InChI=1S/C53H47BN2/c1-4-6-8-16-34(3)44-30-35(17-7-5-2)26-29-47(44)56-48-33-37-19-10-13-23-42(37)50(43-24-15-21-40-32-38-20-11-14-25-46(38)55-52(40)43)51(48)54-45-28-27-39-31-36-18-9-12-22-41(36)49(39)53(45)56/h4,6,8-16,18-30,33-34,54-55H,5,7,17,31-32H2,1-3H3/b6-4-,16-8-. The minimum absolute atomic E-state index is 0.214. The molecule has 272 valence electrons. The summed E-state index contributed by atoms with van der Waals surface area (Å²) in [7, 11) is 0.859. The molecule has 7 aromatic rings. The van der Waals surface area contributed by atoms with Crippen LogP contribution in [-0.2, 0) is 19.3 Å². The van der Waals surface area contributed by atoms with Crippen LogP contribution in [0.1, 0.15) is 72.9 Å². The highest BCUT2D eigenvalue weighted by Gasteiger charge is 2.36. The molecule has 1 unspecified atom stereocenters. The molecule has 0 amide bonds. The van der Waals surface area contributed by atoms with Crippen LogP contribution in [0.15, 0.2) is 152 Å². The molecule has 0 fully saturated rings. The van der Waals surface area contributed by atoms with E-state index in [-0.39, 0.29) is 5.92 Å². The van der Waals surface area contributed by atoms with Crippen molar-refractivity contribution in [2.24, 2.45) is 0 Å². The smallest absolute Gasteiger partial charge is 0.198 e. The van der Waals surface area contributed by atoms with Crippen LogP contribution in [0, 0.1) is 0 Å². The predicted octanol–water partition coefficient (Wildman–Crippen LogP) is 12.5. The van der Waals surface area contributed by atoms with Crippen molar-refractivity contribution >= 4 is 57.4 Å². The maximum absolute atomic E-state index is 3.93. The monoisotopic (exact) mass is 722 g/mol. The Kier molecular flexibility index (Phi) is 8.75. The summed E-state index contributed by atoms with van der Waals surface area (Å²) in [4.78, 5) is 2.68. The first kappa shape index (κ1) is 34.4. The normalized spacial score (nSPS) is 14.1. The zero-order chi connectivity index (χ0) is 37.8. The highest BCUT2D eigenvalue weighted by molar-refractivity contribution is 6.74. The summed E-state index contributed by atoms with van der Waals surface area (Å²) in [5.41, 5.74) is 22.8. The first-order valence-electron chi connectivity index (χ1n) is 20.6. The van der Waals surface area contributed by atoms with Crippen molar-refractivity contribution in [3.63, 3.8) is 0 Å². The summed E-state index contributed by atoms with van der Waals surface area (Å²) in [5, 5.41) is 6.49. The first-order valence-corrected chi connectivity index (χ1v) is 20.6. The third kappa shape index (κ3) is 5.72. The number of anilines is 5. The van der Waals surface area contributed by atoms with E-state index in [0.717, 1.165) is 26.5 Å². The minimum Gasteiger partial charge on any atom is -0.355 e. The molecule has 3 heteroatoms. The molecule has 0 saturated carbocycles. The van der Waals surface area contributed by atoms with Crippen LogP contribution in [0.2, 0.25) is 0 Å². The van der Waals surface area contributed by atoms with Crippen LogP contribution in [0.3, 0.4) is 0 Å². The Hall–Kier alpha value is -6.06. The van der Waals surface area contributed by atoms with Gasteiger partial charge in [-0.15, -0.1) is 0 Å². The Bertz CT molecular complexity index is 2740. The molecule has 2 aliphatic heterocycles. The van der Waals surface area contributed by atoms with Gasteiger partial charge in [0.05, 0.1) is 0 Å². The molecule has 2 heterocycles. The number of fused-ring (bicyclic) bond motifs is 9. The lowest BCUT2D eigenvalue weighted by Gasteiger charge is -2.39. The van der Waals surface area contributed by atoms with Gasteiger partial charge in [-0.25, -0.2) is 0 Å². The maximum atomic E-state index is 3.93. The van der Waals surface area contributed by atoms with Crippen LogP contribution in [0.5, 0.6) is 0 Å². The van der Waals surface area contributed by atoms with E-state index in [1.807, 2.05) is 0 Å². The second-order valence-corrected chi connectivity index (χ2v) is 15.9. The Labute approximate surface area is 332 Å². The van der Waals surface area contributed by atoms with Gasteiger partial charge in [0.1, 0.15) is 0 Å². The summed E-state index contributed by atoms with van der Waals surface area (Å²) >= 11 is 0. The molecule has 1 atom stereocenters. The number of rotatable bonds is 8. The Morgan fingerprint density at radius 3 is 2.39 bits per heavy atom. The molecule has 10 rings (SSSR count). The van der Waals surface area contributed by atoms with Gasteiger partial charge in [-0.2, -0.15) is 0 Å². The number of benzene rings is 7. The van der Waals surface area contributed by atoms with Crippen molar-refractivity contribution in [2.75, 3.05) is 10.2 Å². The SMILES string of the molecule is C/C=C\C=C/C(C)c1cc(CCCC)ccc1N1c2cc3ccccc3c(-c3cccc4c3Nc3ccccc3C4)c2Bc2ccc3c(c21)-c1ccccc1C3. The zero-order valence-electron chi connectivity index (χ0n) is 32.7. The van der Waals surface area contributed by atoms with Crippen LogP contribution in [0.25, 0.3) is 33.0 Å². The largest absolute Gasteiger partial charge is 0.355 e. The summed E-state index contributed by atoms with van der Waals surface area (Å²) in [5.74, 6) is 0.214. The summed E-state index contributed by atoms with van der Waals surface area (Å²) in [6.07, 6.45) is 14.2. The predicted molar refractivity (Wildman–Crippen MR) is 242 cm³/mol. The van der Waals surface area contributed by atoms with Crippen LogP contribution in [-0.4, -0.2) is 7.28 Å². The van der Waals surface area contributed by atoms with Gasteiger partial charge in [0.2, 0.25) is 0 Å². The van der Waals surface area contributed by atoms with E-state index >= 15 is 0 Å². The van der Waals surface area contributed by atoms with E-state index in [1.54, 1.807) is 0 Å². The summed E-state index contributed by atoms with van der Waals surface area (Å²) in [6, 6.07) is 48.5. The number of hydrogen-bond donors (Lipinski definition) is 1. The van der Waals surface area contributed by atoms with Crippen molar-refractivity contribution in [2.45, 2.75) is 58.8 Å². The van der Waals surface area contributed by atoms with E-state index in [0.29, 0.717) is 0 Å². The molecule has 0 bridgehead atoms. The average Bonchev–Trinajstić information content (AvgIpc) is 3.62. The molecule has 0 saturated heterocycles. The van der Waals surface area contributed by atoms with E-state index in [1.165, 1.54) is 119 Å². The maximum Gasteiger partial charge on any atom is 0.198 e. The number of hydrogen-bond acceptors (Lipinski definition) is 2. The molecular weight excluding hydrogens is 675 g/mol. The second-order valence-electron chi connectivity index (χ2n) is 15.9. The molecule has 1 aliphatic carbocycles. The third-order valence-electron chi connectivity index (χ3n) is 12.4. The average molecular weight is 723 g/mol. The van der Waals surface area contributed by atoms with Gasteiger partial charge in [0.15, 0.2) is 7.28 Å². The summed E-state index contributed by atoms with van der Waals surface area (Å²) in [6.45, 7) is 6.74. The van der Waals surface area contributed by atoms with E-state index in [9.17, 15) is 0 Å². The van der Waals surface area contributed by atoms with Crippen molar-refractivity contribution in [1.29, 1.82) is 0 Å². The van der Waals surface area contributed by atoms with Gasteiger partial charge < -0.3 is 10.2 Å². The molecule has 3 aliphatic rings. The molecule has 0 radical (unpaired) electrons. The van der Waals surface area contributed by atoms with Gasteiger partial charge in [-0.05, 0) is 105 Å². The fourth-order valence-corrected chi connectivity index (χ4v) is 9.66.